The number of nitrogens with one attached hydrogen (secondary N) is 1. The molecule has 0 atom stereocenters. The van der Waals surface area contributed by atoms with Crippen LogP contribution >= 0.6 is 11.8 Å². The zero-order chi connectivity index (χ0) is 20.8. The molecule has 1 aromatic heterocycles. The standard InChI is InChI=1S/C24H26N4OS/c1-18-16-22(19-8-4-2-5-9-19)27-24(25-18)30-17-23(29)26-20-10-12-21(13-11-20)28-14-6-3-7-15-28/h2,4-5,8-13,16H,3,6-7,14-15,17H2,1H3,(H,26,29). The highest BCUT2D eigenvalue weighted by Crippen LogP contribution is 2.23. The second-order valence-electron chi connectivity index (χ2n) is 7.47. The second-order valence-corrected chi connectivity index (χ2v) is 8.42. The smallest absolute Gasteiger partial charge is 0.234 e. The normalized spacial score (nSPS) is 13.8. The third-order valence-electron chi connectivity index (χ3n) is 5.11. The Hall–Kier alpha value is -2.86. The highest BCUT2D eigenvalue weighted by Gasteiger charge is 2.12. The van der Waals surface area contributed by atoms with Gasteiger partial charge in [0.05, 0.1) is 11.4 Å². The number of piperidine rings is 1. The van der Waals surface area contributed by atoms with Crippen LogP contribution in [0.15, 0.2) is 65.8 Å². The first kappa shape index (κ1) is 20.4. The monoisotopic (exact) mass is 418 g/mol. The van der Waals surface area contributed by atoms with E-state index in [2.05, 4.69) is 32.3 Å². The molecule has 0 saturated carbocycles. The van der Waals surface area contributed by atoms with E-state index in [1.54, 1.807) is 0 Å². The molecule has 30 heavy (non-hydrogen) atoms. The van der Waals surface area contributed by atoms with Crippen molar-refractivity contribution >= 4 is 29.0 Å². The average molecular weight is 419 g/mol. The number of carbonyl (C=O) groups is 1. The first-order chi connectivity index (χ1) is 14.7. The van der Waals surface area contributed by atoms with Gasteiger partial charge in [-0.15, -0.1) is 0 Å². The Morgan fingerprint density at radius 2 is 1.73 bits per heavy atom. The first-order valence-electron chi connectivity index (χ1n) is 10.4. The number of aromatic nitrogens is 2. The van der Waals surface area contributed by atoms with E-state index in [1.807, 2.05) is 55.5 Å². The second kappa shape index (κ2) is 9.76. The molecule has 2 heterocycles. The Morgan fingerprint density at radius 1 is 1.00 bits per heavy atom. The average Bonchev–Trinajstić information content (AvgIpc) is 2.79. The van der Waals surface area contributed by atoms with Crippen LogP contribution in [-0.4, -0.2) is 34.7 Å². The number of rotatable bonds is 6. The van der Waals surface area contributed by atoms with Gasteiger partial charge in [0.15, 0.2) is 5.16 Å². The topological polar surface area (TPSA) is 58.1 Å². The fourth-order valence-corrected chi connectivity index (χ4v) is 4.30. The molecular weight excluding hydrogens is 392 g/mol. The van der Waals surface area contributed by atoms with Crippen LogP contribution in [0.25, 0.3) is 11.3 Å². The van der Waals surface area contributed by atoms with Crippen molar-refractivity contribution < 1.29 is 4.79 Å². The van der Waals surface area contributed by atoms with Gasteiger partial charge in [0.2, 0.25) is 5.91 Å². The summed E-state index contributed by atoms with van der Waals surface area (Å²) in [5, 5.41) is 3.58. The number of aryl methyl sites for hydroxylation is 1. The summed E-state index contributed by atoms with van der Waals surface area (Å²) < 4.78 is 0. The largest absolute Gasteiger partial charge is 0.372 e. The van der Waals surface area contributed by atoms with Crippen LogP contribution in [0.2, 0.25) is 0 Å². The van der Waals surface area contributed by atoms with Crippen LogP contribution < -0.4 is 10.2 Å². The molecule has 5 nitrogen and oxygen atoms in total. The van der Waals surface area contributed by atoms with Crippen molar-refractivity contribution in [3.05, 3.63) is 66.4 Å². The molecule has 0 aliphatic carbocycles. The van der Waals surface area contributed by atoms with Crippen molar-refractivity contribution in [1.82, 2.24) is 9.97 Å². The lowest BCUT2D eigenvalue weighted by Gasteiger charge is -2.28. The van der Waals surface area contributed by atoms with Crippen molar-refractivity contribution in [2.24, 2.45) is 0 Å². The summed E-state index contributed by atoms with van der Waals surface area (Å²) in [5.74, 6) is 0.211. The van der Waals surface area contributed by atoms with Gasteiger partial charge in [0, 0.05) is 35.7 Å². The molecule has 1 N–H and O–H groups in total. The number of nitrogens with zero attached hydrogens (tertiary/aromatic N) is 3. The van der Waals surface area contributed by atoms with E-state index in [-0.39, 0.29) is 11.7 Å². The molecular formula is C24H26N4OS. The molecule has 1 fully saturated rings. The van der Waals surface area contributed by atoms with Gasteiger partial charge < -0.3 is 10.2 Å². The van der Waals surface area contributed by atoms with Gasteiger partial charge in [-0.05, 0) is 56.5 Å². The number of hydrogen-bond donors (Lipinski definition) is 1. The van der Waals surface area contributed by atoms with Crippen molar-refractivity contribution in [2.75, 3.05) is 29.1 Å². The Labute approximate surface area is 181 Å². The fourth-order valence-electron chi connectivity index (χ4n) is 3.60. The van der Waals surface area contributed by atoms with E-state index in [4.69, 9.17) is 0 Å². The molecule has 1 aliphatic rings. The molecule has 2 aromatic carbocycles. The minimum atomic E-state index is -0.0583. The summed E-state index contributed by atoms with van der Waals surface area (Å²) >= 11 is 1.35. The van der Waals surface area contributed by atoms with Crippen molar-refractivity contribution in [3.8, 4) is 11.3 Å². The van der Waals surface area contributed by atoms with E-state index in [1.165, 1.54) is 36.7 Å². The lowest BCUT2D eigenvalue weighted by Crippen LogP contribution is -2.29. The third kappa shape index (κ3) is 5.39. The van der Waals surface area contributed by atoms with E-state index in [0.717, 1.165) is 35.7 Å². The lowest BCUT2D eigenvalue weighted by molar-refractivity contribution is -0.113. The fraction of sp³-hybridized carbons (Fsp3) is 0.292. The van der Waals surface area contributed by atoms with Crippen molar-refractivity contribution in [2.45, 2.75) is 31.3 Å². The molecule has 1 saturated heterocycles. The van der Waals surface area contributed by atoms with Crippen LogP contribution in [0.4, 0.5) is 11.4 Å². The van der Waals surface area contributed by atoms with E-state index >= 15 is 0 Å². The molecule has 1 aliphatic heterocycles. The number of hydrogen-bond acceptors (Lipinski definition) is 5. The quantitative estimate of drug-likeness (QED) is 0.442. The molecule has 4 rings (SSSR count). The van der Waals surface area contributed by atoms with Gasteiger partial charge in [0.1, 0.15) is 0 Å². The number of anilines is 2. The van der Waals surface area contributed by atoms with Gasteiger partial charge in [-0.2, -0.15) is 0 Å². The Balaban J connectivity index is 1.34. The minimum absolute atomic E-state index is 0.0583. The van der Waals surface area contributed by atoms with Gasteiger partial charge in [-0.25, -0.2) is 9.97 Å². The molecule has 1 amide bonds. The van der Waals surface area contributed by atoms with E-state index in [9.17, 15) is 4.79 Å². The number of amides is 1. The summed E-state index contributed by atoms with van der Waals surface area (Å²) in [6.07, 6.45) is 3.82. The molecule has 0 bridgehead atoms. The molecule has 154 valence electrons. The number of thioether (sulfide) groups is 1. The maximum atomic E-state index is 12.4. The van der Waals surface area contributed by atoms with Crippen LogP contribution in [0.3, 0.4) is 0 Å². The van der Waals surface area contributed by atoms with E-state index < -0.39 is 0 Å². The SMILES string of the molecule is Cc1cc(-c2ccccc2)nc(SCC(=O)Nc2ccc(N3CCCCC3)cc2)n1. The van der Waals surface area contributed by atoms with Crippen LogP contribution in [-0.2, 0) is 4.79 Å². The number of carbonyl (C=O) groups excluding carboxylic acids is 1. The van der Waals surface area contributed by atoms with Crippen LogP contribution in [0, 0.1) is 6.92 Å². The summed E-state index contributed by atoms with van der Waals surface area (Å²) in [6.45, 7) is 4.18. The maximum absolute atomic E-state index is 12.4. The van der Waals surface area contributed by atoms with Gasteiger partial charge >= 0.3 is 0 Å². The van der Waals surface area contributed by atoms with Crippen molar-refractivity contribution in [3.63, 3.8) is 0 Å². The predicted octanol–water partition coefficient (Wildman–Crippen LogP) is 5.17. The van der Waals surface area contributed by atoms with Gasteiger partial charge in [-0.1, -0.05) is 42.1 Å². The molecule has 3 aromatic rings. The zero-order valence-corrected chi connectivity index (χ0v) is 18.0. The first-order valence-corrected chi connectivity index (χ1v) is 11.3. The zero-order valence-electron chi connectivity index (χ0n) is 17.2. The maximum Gasteiger partial charge on any atom is 0.234 e. The summed E-state index contributed by atoms with van der Waals surface area (Å²) in [6, 6.07) is 20.1. The highest BCUT2D eigenvalue weighted by atomic mass is 32.2. The summed E-state index contributed by atoms with van der Waals surface area (Å²) in [5.41, 5.74) is 4.85. The highest BCUT2D eigenvalue weighted by molar-refractivity contribution is 7.99. The Morgan fingerprint density at radius 3 is 2.47 bits per heavy atom. The minimum Gasteiger partial charge on any atom is -0.372 e. The van der Waals surface area contributed by atoms with Crippen LogP contribution in [0.5, 0.6) is 0 Å². The predicted molar refractivity (Wildman–Crippen MR) is 124 cm³/mol. The molecule has 6 heteroatoms. The van der Waals surface area contributed by atoms with Crippen molar-refractivity contribution in [1.29, 1.82) is 0 Å². The summed E-state index contributed by atoms with van der Waals surface area (Å²) in [4.78, 5) is 23.9. The number of benzene rings is 2. The molecule has 0 radical (unpaired) electrons. The Bertz CT molecular complexity index is 986. The van der Waals surface area contributed by atoms with Crippen LogP contribution in [0.1, 0.15) is 25.0 Å². The Kier molecular flexibility index (Phi) is 6.64. The lowest BCUT2D eigenvalue weighted by atomic mass is 10.1. The van der Waals surface area contributed by atoms with E-state index in [0.29, 0.717) is 5.16 Å². The molecule has 0 unspecified atom stereocenters. The third-order valence-corrected chi connectivity index (χ3v) is 5.96. The summed E-state index contributed by atoms with van der Waals surface area (Å²) in [7, 11) is 0. The van der Waals surface area contributed by atoms with Gasteiger partial charge in [-0.3, -0.25) is 4.79 Å². The molecule has 0 spiro atoms. The van der Waals surface area contributed by atoms with Gasteiger partial charge in [0.25, 0.3) is 0 Å².